The molecule has 0 aliphatic carbocycles. The molecule has 0 unspecified atom stereocenters. The molecule has 0 heterocycles. The molecular weight excluding hydrogens is 366 g/mol. The number of likely N-dealkylation sites (N-methyl/N-ethyl adjacent to an activating group) is 1. The zero-order chi connectivity index (χ0) is 20.0. The number of nitrogens with zero attached hydrogens (tertiary/aromatic N) is 1. The highest BCUT2D eigenvalue weighted by atomic mass is 32.2. The first-order valence-electron chi connectivity index (χ1n) is 8.62. The molecule has 0 atom stereocenters. The van der Waals surface area contributed by atoms with E-state index in [1.165, 1.54) is 11.0 Å². The smallest absolute Gasteiger partial charge is 0.254 e. The lowest BCUT2D eigenvalue weighted by Gasteiger charge is -2.19. The SMILES string of the molecule is CCS(=O)(=O)c1ccccc1C(=O)N(C)CCc1ccc(OC)c(OC)c1. The lowest BCUT2D eigenvalue weighted by atomic mass is 10.1. The quantitative estimate of drug-likeness (QED) is 0.692. The Hall–Kier alpha value is -2.54. The van der Waals surface area contributed by atoms with E-state index in [0.29, 0.717) is 24.5 Å². The summed E-state index contributed by atoms with van der Waals surface area (Å²) in [4.78, 5) is 14.4. The molecule has 0 saturated heterocycles. The third kappa shape index (κ3) is 4.80. The van der Waals surface area contributed by atoms with E-state index in [1.807, 2.05) is 18.2 Å². The molecule has 0 N–H and O–H groups in total. The van der Waals surface area contributed by atoms with Crippen LogP contribution in [0.15, 0.2) is 47.4 Å². The van der Waals surface area contributed by atoms with E-state index in [1.54, 1.807) is 46.4 Å². The fourth-order valence-corrected chi connectivity index (χ4v) is 3.80. The number of hydrogen-bond acceptors (Lipinski definition) is 5. The molecule has 27 heavy (non-hydrogen) atoms. The molecule has 2 rings (SSSR count). The number of hydrogen-bond donors (Lipinski definition) is 0. The first kappa shape index (κ1) is 20.8. The number of carbonyl (C=O) groups excluding carboxylic acids is 1. The van der Waals surface area contributed by atoms with Gasteiger partial charge in [-0.1, -0.05) is 25.1 Å². The fourth-order valence-electron chi connectivity index (χ4n) is 2.71. The molecule has 2 aromatic carbocycles. The van der Waals surface area contributed by atoms with Crippen LogP contribution in [0.2, 0.25) is 0 Å². The zero-order valence-corrected chi connectivity index (χ0v) is 16.9. The Morgan fingerprint density at radius 2 is 1.70 bits per heavy atom. The first-order valence-corrected chi connectivity index (χ1v) is 10.3. The van der Waals surface area contributed by atoms with Gasteiger partial charge in [0, 0.05) is 13.6 Å². The number of sulfone groups is 1. The van der Waals surface area contributed by atoms with Gasteiger partial charge in [0.25, 0.3) is 5.91 Å². The molecule has 0 aliphatic heterocycles. The summed E-state index contributed by atoms with van der Waals surface area (Å²) >= 11 is 0. The van der Waals surface area contributed by atoms with Gasteiger partial charge in [0.15, 0.2) is 21.3 Å². The Bertz CT molecular complexity index is 908. The molecule has 0 aliphatic rings. The summed E-state index contributed by atoms with van der Waals surface area (Å²) in [6, 6.07) is 11.9. The molecule has 7 heteroatoms. The topological polar surface area (TPSA) is 72.9 Å². The maximum absolute atomic E-state index is 12.8. The predicted octanol–water partition coefficient (Wildman–Crippen LogP) is 2.81. The van der Waals surface area contributed by atoms with Crippen molar-refractivity contribution < 1.29 is 22.7 Å². The fraction of sp³-hybridized carbons (Fsp3) is 0.350. The van der Waals surface area contributed by atoms with E-state index in [4.69, 9.17) is 9.47 Å². The molecule has 0 bridgehead atoms. The Balaban J connectivity index is 2.16. The monoisotopic (exact) mass is 391 g/mol. The van der Waals surface area contributed by atoms with Crippen LogP contribution >= 0.6 is 0 Å². The van der Waals surface area contributed by atoms with E-state index in [-0.39, 0.29) is 22.1 Å². The Kier molecular flexibility index (Phi) is 6.85. The first-order chi connectivity index (χ1) is 12.8. The highest BCUT2D eigenvalue weighted by molar-refractivity contribution is 7.91. The van der Waals surface area contributed by atoms with Gasteiger partial charge in [-0.3, -0.25) is 4.79 Å². The minimum atomic E-state index is -3.47. The molecule has 146 valence electrons. The van der Waals surface area contributed by atoms with Crippen molar-refractivity contribution in [1.82, 2.24) is 4.90 Å². The molecule has 0 spiro atoms. The number of ether oxygens (including phenoxy) is 2. The molecule has 6 nitrogen and oxygen atoms in total. The Morgan fingerprint density at radius 1 is 1.04 bits per heavy atom. The number of rotatable bonds is 8. The van der Waals surface area contributed by atoms with Gasteiger partial charge >= 0.3 is 0 Å². The van der Waals surface area contributed by atoms with Crippen LogP contribution in [-0.4, -0.2) is 52.8 Å². The van der Waals surface area contributed by atoms with Gasteiger partial charge in [-0.25, -0.2) is 8.42 Å². The maximum Gasteiger partial charge on any atom is 0.254 e. The van der Waals surface area contributed by atoms with Crippen LogP contribution in [0.4, 0.5) is 0 Å². The van der Waals surface area contributed by atoms with Crippen molar-refractivity contribution in [3.8, 4) is 11.5 Å². The van der Waals surface area contributed by atoms with E-state index >= 15 is 0 Å². The highest BCUT2D eigenvalue weighted by Gasteiger charge is 2.22. The number of amides is 1. The van der Waals surface area contributed by atoms with E-state index in [0.717, 1.165) is 5.56 Å². The second kappa shape index (κ2) is 8.90. The van der Waals surface area contributed by atoms with E-state index in [9.17, 15) is 13.2 Å². The van der Waals surface area contributed by atoms with Gasteiger partial charge in [-0.05, 0) is 36.2 Å². The highest BCUT2D eigenvalue weighted by Crippen LogP contribution is 2.27. The molecule has 0 radical (unpaired) electrons. The summed E-state index contributed by atoms with van der Waals surface area (Å²) in [5.74, 6) is 0.906. The van der Waals surface area contributed by atoms with Gasteiger partial charge < -0.3 is 14.4 Å². The van der Waals surface area contributed by atoms with Crippen molar-refractivity contribution in [2.75, 3.05) is 33.6 Å². The van der Waals surface area contributed by atoms with Crippen LogP contribution in [0.1, 0.15) is 22.8 Å². The van der Waals surface area contributed by atoms with Crippen molar-refractivity contribution in [2.24, 2.45) is 0 Å². The summed E-state index contributed by atoms with van der Waals surface area (Å²) in [5.41, 5.74) is 1.19. The van der Waals surface area contributed by atoms with Crippen LogP contribution in [0, 0.1) is 0 Å². The maximum atomic E-state index is 12.8. The lowest BCUT2D eigenvalue weighted by Crippen LogP contribution is -2.30. The summed E-state index contributed by atoms with van der Waals surface area (Å²) < 4.78 is 35.0. The van der Waals surface area contributed by atoms with Gasteiger partial charge in [-0.15, -0.1) is 0 Å². The summed E-state index contributed by atoms with van der Waals surface area (Å²) in [6.07, 6.45) is 0.602. The largest absolute Gasteiger partial charge is 0.493 e. The Labute approximate surface area is 160 Å². The second-order valence-corrected chi connectivity index (χ2v) is 8.31. The van der Waals surface area contributed by atoms with Gasteiger partial charge in [0.1, 0.15) is 0 Å². The van der Waals surface area contributed by atoms with Crippen LogP contribution in [-0.2, 0) is 16.3 Å². The average molecular weight is 391 g/mol. The Morgan fingerprint density at radius 3 is 2.33 bits per heavy atom. The predicted molar refractivity (Wildman–Crippen MR) is 104 cm³/mol. The minimum Gasteiger partial charge on any atom is -0.493 e. The molecule has 0 saturated carbocycles. The second-order valence-electron chi connectivity index (χ2n) is 6.07. The number of methoxy groups -OCH3 is 2. The van der Waals surface area contributed by atoms with Crippen LogP contribution in [0.25, 0.3) is 0 Å². The summed E-state index contributed by atoms with van der Waals surface area (Å²) in [7, 11) is 1.34. The standard InChI is InChI=1S/C20H25NO5S/c1-5-27(23,24)19-9-7-6-8-16(19)20(22)21(2)13-12-15-10-11-17(25-3)18(14-15)26-4/h6-11,14H,5,12-13H2,1-4H3. The van der Waals surface area contributed by atoms with E-state index in [2.05, 4.69) is 0 Å². The van der Waals surface area contributed by atoms with Crippen molar-refractivity contribution in [1.29, 1.82) is 0 Å². The molecule has 1 amide bonds. The van der Waals surface area contributed by atoms with Gasteiger partial charge in [0.2, 0.25) is 0 Å². The van der Waals surface area contributed by atoms with Gasteiger partial charge in [-0.2, -0.15) is 0 Å². The van der Waals surface area contributed by atoms with Gasteiger partial charge in [0.05, 0.1) is 30.4 Å². The number of benzene rings is 2. The summed E-state index contributed by atoms with van der Waals surface area (Å²) in [5, 5.41) is 0. The normalized spacial score (nSPS) is 11.1. The van der Waals surface area contributed by atoms with Crippen LogP contribution < -0.4 is 9.47 Å². The van der Waals surface area contributed by atoms with Crippen molar-refractivity contribution in [2.45, 2.75) is 18.2 Å². The van der Waals surface area contributed by atoms with Crippen molar-refractivity contribution >= 4 is 15.7 Å². The number of carbonyl (C=O) groups is 1. The summed E-state index contributed by atoms with van der Waals surface area (Å²) in [6.45, 7) is 2.01. The van der Waals surface area contributed by atoms with Crippen molar-refractivity contribution in [3.63, 3.8) is 0 Å². The van der Waals surface area contributed by atoms with Crippen LogP contribution in [0.5, 0.6) is 11.5 Å². The van der Waals surface area contributed by atoms with Crippen LogP contribution in [0.3, 0.4) is 0 Å². The third-order valence-electron chi connectivity index (χ3n) is 4.36. The zero-order valence-electron chi connectivity index (χ0n) is 16.1. The molecule has 0 fully saturated rings. The lowest BCUT2D eigenvalue weighted by molar-refractivity contribution is 0.0793. The molecular formula is C20H25NO5S. The molecule has 0 aromatic heterocycles. The molecule has 2 aromatic rings. The third-order valence-corrected chi connectivity index (χ3v) is 6.15. The van der Waals surface area contributed by atoms with Crippen molar-refractivity contribution in [3.05, 3.63) is 53.6 Å². The minimum absolute atomic E-state index is 0.0490. The van der Waals surface area contributed by atoms with E-state index < -0.39 is 9.84 Å². The average Bonchev–Trinajstić information content (AvgIpc) is 2.71.